The molecule has 6 heteroatoms. The first-order valence-electron chi connectivity index (χ1n) is 22.1. The molecule has 0 aromatic rings. The van der Waals surface area contributed by atoms with Crippen molar-refractivity contribution in [1.82, 2.24) is 0 Å². The fourth-order valence-corrected chi connectivity index (χ4v) is 5.96. The molecule has 0 aromatic carbocycles. The molecule has 0 radical (unpaired) electrons. The van der Waals surface area contributed by atoms with Crippen molar-refractivity contribution in [1.29, 1.82) is 0 Å². The highest BCUT2D eigenvalue weighted by molar-refractivity contribution is 5.71. The Bertz CT molecular complexity index is 949. The molecule has 0 aromatic heterocycles. The van der Waals surface area contributed by atoms with E-state index in [0.29, 0.717) is 19.3 Å². The van der Waals surface area contributed by atoms with Gasteiger partial charge in [0.2, 0.25) is 0 Å². The van der Waals surface area contributed by atoms with Gasteiger partial charge in [-0.1, -0.05) is 185 Å². The van der Waals surface area contributed by atoms with Crippen LogP contribution in [-0.2, 0) is 28.6 Å². The van der Waals surface area contributed by atoms with Crippen molar-refractivity contribution in [3.8, 4) is 0 Å². The van der Waals surface area contributed by atoms with Crippen LogP contribution in [0.3, 0.4) is 0 Å². The first-order chi connectivity index (χ1) is 26.0. The molecule has 306 valence electrons. The topological polar surface area (TPSA) is 78.9 Å². The maximum absolute atomic E-state index is 12.6. The minimum absolute atomic E-state index is 0.0880. The van der Waals surface area contributed by atoms with E-state index in [1.807, 2.05) is 0 Å². The van der Waals surface area contributed by atoms with Crippen molar-refractivity contribution in [2.45, 2.75) is 219 Å². The van der Waals surface area contributed by atoms with Crippen molar-refractivity contribution in [2.24, 2.45) is 0 Å². The van der Waals surface area contributed by atoms with Crippen LogP contribution in [0.15, 0.2) is 48.6 Å². The second-order valence-corrected chi connectivity index (χ2v) is 14.6. The Balaban J connectivity index is 4.41. The van der Waals surface area contributed by atoms with Gasteiger partial charge in [0.15, 0.2) is 6.10 Å². The number of esters is 3. The van der Waals surface area contributed by atoms with E-state index in [1.165, 1.54) is 103 Å². The lowest BCUT2D eigenvalue weighted by molar-refractivity contribution is -0.167. The molecule has 0 fully saturated rings. The van der Waals surface area contributed by atoms with Crippen LogP contribution in [0.25, 0.3) is 0 Å². The molecular weight excluding hydrogens is 661 g/mol. The molecule has 0 aliphatic rings. The van der Waals surface area contributed by atoms with Crippen LogP contribution >= 0.6 is 0 Å². The minimum Gasteiger partial charge on any atom is -0.462 e. The van der Waals surface area contributed by atoms with E-state index < -0.39 is 6.10 Å². The predicted molar refractivity (Wildman–Crippen MR) is 224 cm³/mol. The highest BCUT2D eigenvalue weighted by atomic mass is 16.6. The smallest absolute Gasteiger partial charge is 0.306 e. The Morgan fingerprint density at radius 1 is 0.377 bits per heavy atom. The molecule has 6 nitrogen and oxygen atoms in total. The summed E-state index contributed by atoms with van der Waals surface area (Å²) in [5.41, 5.74) is 0. The lowest BCUT2D eigenvalue weighted by Gasteiger charge is -2.18. The zero-order chi connectivity index (χ0) is 38.7. The Kier molecular flexibility index (Phi) is 40.0. The predicted octanol–water partition coefficient (Wildman–Crippen LogP) is 14.0. The van der Waals surface area contributed by atoms with Crippen LogP contribution in [0.5, 0.6) is 0 Å². The molecule has 0 aliphatic heterocycles. The van der Waals surface area contributed by atoms with E-state index in [9.17, 15) is 14.4 Å². The van der Waals surface area contributed by atoms with Crippen molar-refractivity contribution in [3.05, 3.63) is 48.6 Å². The quantitative estimate of drug-likeness (QED) is 0.0270. The van der Waals surface area contributed by atoms with Crippen LogP contribution in [0.1, 0.15) is 213 Å². The van der Waals surface area contributed by atoms with Crippen molar-refractivity contribution in [2.75, 3.05) is 13.2 Å². The third-order valence-electron chi connectivity index (χ3n) is 9.34. The zero-order valence-corrected chi connectivity index (χ0v) is 34.8. The van der Waals surface area contributed by atoms with Crippen molar-refractivity contribution < 1.29 is 28.6 Å². The number of ether oxygens (including phenoxy) is 3. The van der Waals surface area contributed by atoms with Crippen LogP contribution in [-0.4, -0.2) is 37.2 Å². The average Bonchev–Trinajstić information content (AvgIpc) is 3.15. The van der Waals surface area contributed by atoms with E-state index >= 15 is 0 Å². The third kappa shape index (κ3) is 40.4. The summed E-state index contributed by atoms with van der Waals surface area (Å²) in [6.07, 6.45) is 48.2. The summed E-state index contributed by atoms with van der Waals surface area (Å²) in [4.78, 5) is 37.5. The summed E-state index contributed by atoms with van der Waals surface area (Å²) in [5, 5.41) is 0. The van der Waals surface area contributed by atoms with Crippen LogP contribution < -0.4 is 0 Å². The molecule has 0 amide bonds. The van der Waals surface area contributed by atoms with Gasteiger partial charge in [0.25, 0.3) is 0 Å². The largest absolute Gasteiger partial charge is 0.462 e. The van der Waals surface area contributed by atoms with E-state index in [-0.39, 0.29) is 37.5 Å². The molecule has 0 N–H and O–H groups in total. The van der Waals surface area contributed by atoms with Crippen molar-refractivity contribution >= 4 is 17.9 Å². The van der Waals surface area contributed by atoms with E-state index in [4.69, 9.17) is 14.2 Å². The van der Waals surface area contributed by atoms with Gasteiger partial charge in [-0.05, 0) is 57.8 Å². The Morgan fingerprint density at radius 3 is 1.13 bits per heavy atom. The zero-order valence-electron chi connectivity index (χ0n) is 34.8. The maximum atomic E-state index is 12.6. The number of hydrogen-bond acceptors (Lipinski definition) is 6. The van der Waals surface area contributed by atoms with Gasteiger partial charge in [-0.25, -0.2) is 0 Å². The standard InChI is InChI=1S/C47H82O6/c1-4-7-10-13-16-19-20-21-22-23-24-25-26-29-31-34-37-40-46(49)52-43-44(53-47(50)41-38-35-32-28-18-15-12-9-6-3)42-51-45(48)39-36-33-30-27-17-14-11-8-5-2/h16,19,21-22,24-25,29,31,44H,4-15,17-18,20,23,26-28,30,32-43H2,1-3H3/b19-16-,22-21-,25-24-,31-29-. The average molecular weight is 743 g/mol. The first-order valence-corrected chi connectivity index (χ1v) is 22.1. The van der Waals surface area contributed by atoms with E-state index in [0.717, 1.165) is 64.2 Å². The second-order valence-electron chi connectivity index (χ2n) is 14.6. The Labute approximate surface area is 327 Å². The Morgan fingerprint density at radius 2 is 0.698 bits per heavy atom. The van der Waals surface area contributed by atoms with Gasteiger partial charge in [0.1, 0.15) is 13.2 Å². The molecule has 0 aliphatic carbocycles. The summed E-state index contributed by atoms with van der Waals surface area (Å²) in [6, 6.07) is 0. The number of hydrogen-bond donors (Lipinski definition) is 0. The van der Waals surface area contributed by atoms with Crippen LogP contribution in [0.4, 0.5) is 0 Å². The molecule has 1 atom stereocenters. The molecular formula is C47H82O6. The molecule has 53 heavy (non-hydrogen) atoms. The van der Waals surface area contributed by atoms with Crippen LogP contribution in [0.2, 0.25) is 0 Å². The van der Waals surface area contributed by atoms with Crippen molar-refractivity contribution in [3.63, 3.8) is 0 Å². The summed E-state index contributed by atoms with van der Waals surface area (Å²) >= 11 is 0. The van der Waals surface area contributed by atoms with E-state index in [1.54, 1.807) is 0 Å². The summed E-state index contributed by atoms with van der Waals surface area (Å²) in [5.74, 6) is -0.954. The van der Waals surface area contributed by atoms with Gasteiger partial charge < -0.3 is 14.2 Å². The molecule has 1 unspecified atom stereocenters. The third-order valence-corrected chi connectivity index (χ3v) is 9.34. The number of carbonyl (C=O) groups is 3. The SMILES string of the molecule is CCCCC/C=C\C/C=C\C/C=C\C/C=C\CCCC(=O)OCC(COC(=O)CCCCCCCCCCC)OC(=O)CCCCCCCCCCC. The van der Waals surface area contributed by atoms with Gasteiger partial charge in [0, 0.05) is 19.3 Å². The highest BCUT2D eigenvalue weighted by Crippen LogP contribution is 2.13. The fraction of sp³-hybridized carbons (Fsp3) is 0.766. The maximum Gasteiger partial charge on any atom is 0.306 e. The molecule has 0 saturated carbocycles. The van der Waals surface area contributed by atoms with Gasteiger partial charge in [-0.2, -0.15) is 0 Å². The van der Waals surface area contributed by atoms with E-state index in [2.05, 4.69) is 69.4 Å². The fourth-order valence-electron chi connectivity index (χ4n) is 5.96. The molecule has 0 heterocycles. The molecule has 0 saturated heterocycles. The number of unbranched alkanes of at least 4 members (excludes halogenated alkanes) is 20. The Hall–Kier alpha value is -2.63. The minimum atomic E-state index is -0.786. The molecule has 0 bridgehead atoms. The number of carbonyl (C=O) groups excluding carboxylic acids is 3. The van der Waals surface area contributed by atoms with Gasteiger partial charge in [-0.15, -0.1) is 0 Å². The monoisotopic (exact) mass is 743 g/mol. The second kappa shape index (κ2) is 42.1. The first kappa shape index (κ1) is 50.4. The summed E-state index contributed by atoms with van der Waals surface area (Å²) in [6.45, 7) is 6.50. The molecule has 0 rings (SSSR count). The lowest BCUT2D eigenvalue weighted by atomic mass is 10.1. The highest BCUT2D eigenvalue weighted by Gasteiger charge is 2.19. The molecule has 0 spiro atoms. The normalized spacial score (nSPS) is 12.4. The van der Waals surface area contributed by atoms with Crippen LogP contribution in [0, 0.1) is 0 Å². The number of rotatable bonds is 39. The van der Waals surface area contributed by atoms with Gasteiger partial charge in [-0.3, -0.25) is 14.4 Å². The summed E-state index contributed by atoms with van der Waals surface area (Å²) in [7, 11) is 0. The lowest BCUT2D eigenvalue weighted by Crippen LogP contribution is -2.30. The van der Waals surface area contributed by atoms with Gasteiger partial charge in [0.05, 0.1) is 0 Å². The van der Waals surface area contributed by atoms with Gasteiger partial charge >= 0.3 is 17.9 Å². The summed E-state index contributed by atoms with van der Waals surface area (Å²) < 4.78 is 16.6. The number of allylic oxidation sites excluding steroid dienone is 8.